The maximum atomic E-state index is 13.4. The molecular formula is C24H29N9O7S2. The Balaban J connectivity index is 1.48. The number of fused-ring (bicyclic) bond motifs is 1. The van der Waals surface area contributed by atoms with E-state index in [0.717, 1.165) is 4.90 Å². The van der Waals surface area contributed by atoms with Gasteiger partial charge in [0.2, 0.25) is 11.1 Å². The van der Waals surface area contributed by atoms with E-state index in [1.54, 1.807) is 58.2 Å². The largest absolute Gasteiger partial charge is 0.477 e. The van der Waals surface area contributed by atoms with E-state index in [-0.39, 0.29) is 22.2 Å². The van der Waals surface area contributed by atoms with Crippen LogP contribution in [0.3, 0.4) is 0 Å². The minimum absolute atomic E-state index is 0.152. The second-order valence-corrected chi connectivity index (χ2v) is 12.2. The highest BCUT2D eigenvalue weighted by Gasteiger charge is 2.54. The van der Waals surface area contributed by atoms with Crippen LogP contribution in [0.2, 0.25) is 0 Å². The second-order valence-electron chi connectivity index (χ2n) is 10.2. The number of nitrogens with two attached hydrogens (primary N) is 1. The second kappa shape index (κ2) is 12.4. The molecule has 1 saturated heterocycles. The fourth-order valence-corrected chi connectivity index (χ4v) is 6.39. The molecule has 2 aromatic rings. The van der Waals surface area contributed by atoms with Crippen molar-refractivity contribution in [1.82, 2.24) is 40.7 Å². The molecule has 0 aliphatic carbocycles. The van der Waals surface area contributed by atoms with Gasteiger partial charge >= 0.3 is 18.1 Å². The Bertz CT molecular complexity index is 1430. The number of rotatable bonds is 8. The number of amides is 5. The molecule has 5 amide bonds. The number of carbonyl (C=O) groups is 5. The minimum atomic E-state index is -1.34. The van der Waals surface area contributed by atoms with Gasteiger partial charge in [0.25, 0.3) is 5.91 Å². The van der Waals surface area contributed by atoms with E-state index in [0.29, 0.717) is 16.3 Å². The fourth-order valence-electron chi connectivity index (χ4n) is 4.06. The molecule has 5 N–H and O–H groups in total. The lowest BCUT2D eigenvalue weighted by atomic mass is 10.0. The summed E-state index contributed by atoms with van der Waals surface area (Å²) in [7, 11) is 1.65. The lowest BCUT2D eigenvalue weighted by molar-refractivity contribution is -0.151. The molecule has 0 spiro atoms. The van der Waals surface area contributed by atoms with Crippen molar-refractivity contribution < 1.29 is 33.8 Å². The van der Waals surface area contributed by atoms with Gasteiger partial charge < -0.3 is 20.5 Å². The average molecular weight is 620 g/mol. The molecule has 0 bridgehead atoms. The monoisotopic (exact) mass is 619 g/mol. The summed E-state index contributed by atoms with van der Waals surface area (Å²) < 4.78 is 6.55. The summed E-state index contributed by atoms with van der Waals surface area (Å²) in [6.07, 6.45) is -1.13. The molecule has 224 valence electrons. The summed E-state index contributed by atoms with van der Waals surface area (Å²) >= 11 is 2.53. The number of thioether (sulfide) groups is 2. The van der Waals surface area contributed by atoms with Crippen LogP contribution < -0.4 is 16.5 Å². The number of hydrogen-bond donors (Lipinski definition) is 4. The Labute approximate surface area is 248 Å². The van der Waals surface area contributed by atoms with Crippen molar-refractivity contribution in [3.05, 3.63) is 47.2 Å². The molecule has 18 heteroatoms. The highest BCUT2D eigenvalue weighted by Crippen LogP contribution is 2.41. The number of hydrogen-bond acceptors (Lipinski definition) is 12. The Morgan fingerprint density at radius 2 is 1.95 bits per heavy atom. The van der Waals surface area contributed by atoms with Crippen molar-refractivity contribution in [2.24, 2.45) is 12.9 Å². The number of hydrazine groups is 1. The minimum Gasteiger partial charge on any atom is -0.477 e. The molecule has 2 unspecified atom stereocenters. The van der Waals surface area contributed by atoms with E-state index in [2.05, 4.69) is 26.2 Å². The smallest absolute Gasteiger partial charge is 0.433 e. The molecule has 42 heavy (non-hydrogen) atoms. The van der Waals surface area contributed by atoms with Gasteiger partial charge in [0.1, 0.15) is 28.8 Å². The van der Waals surface area contributed by atoms with Crippen LogP contribution in [0.25, 0.3) is 0 Å². The standard InChI is InChI=1S/C24H29N9O7S2/c1-24(2,3)40-23(39)33(25)21(38)27-14(12-8-6-5-7-9-12)17(34)26-15-18(35)32-16(20(36)37)13(10-41-19(15)32)11-42-22-28-29-30-31(22)4/h5-9,14-15,19H,10-11,25H2,1-4H3,(H,26,34)(H,27,38)(H,36,37)/t14?,15-,19?/m0/s1. The maximum Gasteiger partial charge on any atom is 0.433 e. The van der Waals surface area contributed by atoms with Crippen molar-refractivity contribution in [3.8, 4) is 0 Å². The van der Waals surface area contributed by atoms with Gasteiger partial charge in [-0.25, -0.2) is 24.9 Å². The van der Waals surface area contributed by atoms with Crippen LogP contribution in [0.5, 0.6) is 0 Å². The Morgan fingerprint density at radius 3 is 2.55 bits per heavy atom. The molecule has 3 heterocycles. The van der Waals surface area contributed by atoms with Gasteiger partial charge in [0.05, 0.1) is 0 Å². The quantitative estimate of drug-likeness (QED) is 0.105. The summed E-state index contributed by atoms with van der Waals surface area (Å²) in [4.78, 5) is 65.0. The van der Waals surface area contributed by atoms with E-state index in [9.17, 15) is 29.1 Å². The third kappa shape index (κ3) is 6.66. The van der Waals surface area contributed by atoms with Gasteiger partial charge in [0, 0.05) is 18.6 Å². The number of ether oxygens (including phenoxy) is 1. The van der Waals surface area contributed by atoms with Crippen LogP contribution in [0, 0.1) is 0 Å². The van der Waals surface area contributed by atoms with E-state index in [4.69, 9.17) is 10.6 Å². The highest BCUT2D eigenvalue weighted by atomic mass is 32.2. The van der Waals surface area contributed by atoms with Crippen molar-refractivity contribution >= 4 is 53.4 Å². The number of aryl methyl sites for hydroxylation is 1. The normalized spacial score (nSPS) is 18.9. The first-order chi connectivity index (χ1) is 19.8. The number of aliphatic carboxylic acids is 1. The maximum absolute atomic E-state index is 13.4. The summed E-state index contributed by atoms with van der Waals surface area (Å²) in [6, 6.07) is 4.63. The first-order valence-corrected chi connectivity index (χ1v) is 14.5. The van der Waals surface area contributed by atoms with Crippen LogP contribution in [-0.4, -0.2) is 93.7 Å². The summed E-state index contributed by atoms with van der Waals surface area (Å²) in [6.45, 7) is 4.80. The molecule has 2 aliphatic heterocycles. The molecule has 0 saturated carbocycles. The highest BCUT2D eigenvalue weighted by molar-refractivity contribution is 8.01. The third-order valence-corrected chi connectivity index (χ3v) is 8.41. The van der Waals surface area contributed by atoms with Crippen LogP contribution >= 0.6 is 23.5 Å². The summed E-state index contributed by atoms with van der Waals surface area (Å²) in [5, 5.41) is 26.1. The number of nitrogens with zero attached hydrogens (tertiary/aromatic N) is 6. The molecular weight excluding hydrogens is 590 g/mol. The molecule has 4 rings (SSSR count). The van der Waals surface area contributed by atoms with Crippen molar-refractivity contribution in [2.45, 2.75) is 49.0 Å². The predicted octanol–water partition coefficient (Wildman–Crippen LogP) is 0.603. The van der Waals surface area contributed by atoms with Crippen LogP contribution in [0.4, 0.5) is 9.59 Å². The van der Waals surface area contributed by atoms with Gasteiger partial charge in [-0.05, 0) is 42.3 Å². The molecule has 3 atom stereocenters. The molecule has 0 radical (unpaired) electrons. The lowest BCUT2D eigenvalue weighted by Crippen LogP contribution is -2.71. The van der Waals surface area contributed by atoms with Gasteiger partial charge in [-0.3, -0.25) is 14.5 Å². The number of carbonyl (C=O) groups excluding carboxylic acids is 4. The number of carboxylic acid groups (broad SMARTS) is 1. The van der Waals surface area contributed by atoms with E-state index in [1.807, 2.05) is 0 Å². The number of imide groups is 1. The molecule has 1 aromatic heterocycles. The van der Waals surface area contributed by atoms with E-state index in [1.165, 1.54) is 28.2 Å². The number of β-lactam (4-membered cyclic amide) rings is 1. The van der Waals surface area contributed by atoms with Crippen molar-refractivity contribution in [1.29, 1.82) is 0 Å². The number of tetrazole rings is 1. The summed E-state index contributed by atoms with van der Waals surface area (Å²) in [5.74, 6) is 3.52. The molecule has 1 fully saturated rings. The third-order valence-electron chi connectivity index (χ3n) is 5.98. The average Bonchev–Trinajstić information content (AvgIpc) is 3.35. The van der Waals surface area contributed by atoms with Gasteiger partial charge in [0.15, 0.2) is 0 Å². The SMILES string of the molecule is Cn1nnnc1SCC1=C(C(=O)O)N2C(=O)[C@H](NC(=O)C(NC(=O)N(N)C(=O)OC(C)(C)C)c3ccccc3)C2SC1. The first kappa shape index (κ1) is 30.8. The fraction of sp³-hybridized carbons (Fsp3) is 0.417. The molecule has 2 aliphatic rings. The number of nitrogens with one attached hydrogen (secondary N) is 2. The lowest BCUT2D eigenvalue weighted by Gasteiger charge is -2.49. The van der Waals surface area contributed by atoms with Gasteiger partial charge in [-0.1, -0.05) is 42.1 Å². The number of carboxylic acids is 1. The Hall–Kier alpha value is -4.16. The van der Waals surface area contributed by atoms with Crippen LogP contribution in [0.1, 0.15) is 32.4 Å². The Morgan fingerprint density at radius 1 is 1.26 bits per heavy atom. The van der Waals surface area contributed by atoms with E-state index < -0.39 is 53.0 Å². The summed E-state index contributed by atoms with van der Waals surface area (Å²) in [5.41, 5.74) is -0.215. The van der Waals surface area contributed by atoms with Crippen molar-refractivity contribution in [3.63, 3.8) is 0 Å². The molecule has 1 aromatic carbocycles. The zero-order valence-corrected chi connectivity index (χ0v) is 24.6. The first-order valence-electron chi connectivity index (χ1n) is 12.5. The van der Waals surface area contributed by atoms with Gasteiger partial charge in [-0.15, -0.1) is 16.9 Å². The van der Waals surface area contributed by atoms with Crippen LogP contribution in [-0.2, 0) is 26.2 Å². The Kier molecular flexibility index (Phi) is 9.07. The molecule has 16 nitrogen and oxygen atoms in total. The number of urea groups is 1. The number of benzene rings is 1. The van der Waals surface area contributed by atoms with E-state index >= 15 is 0 Å². The topological polar surface area (TPSA) is 215 Å². The van der Waals surface area contributed by atoms with Gasteiger partial charge in [-0.2, -0.15) is 5.01 Å². The van der Waals surface area contributed by atoms with Crippen molar-refractivity contribution in [2.75, 3.05) is 11.5 Å². The van der Waals surface area contributed by atoms with Crippen LogP contribution in [0.15, 0.2) is 46.8 Å². The zero-order valence-electron chi connectivity index (χ0n) is 23.0. The number of aromatic nitrogens is 4. The zero-order chi connectivity index (χ0) is 30.8. The predicted molar refractivity (Wildman–Crippen MR) is 149 cm³/mol.